The second kappa shape index (κ2) is 4.75. The van der Waals surface area contributed by atoms with Gasteiger partial charge in [-0.3, -0.25) is 5.10 Å². The van der Waals surface area contributed by atoms with Gasteiger partial charge in [-0.2, -0.15) is 10.4 Å². The number of pyridine rings is 1. The van der Waals surface area contributed by atoms with Crippen molar-refractivity contribution in [1.29, 1.82) is 5.26 Å². The molecule has 1 aromatic carbocycles. The molecule has 3 aromatic rings. The molecule has 0 radical (unpaired) electrons. The molecule has 0 aliphatic heterocycles. The Hall–Kier alpha value is -2.93. The van der Waals surface area contributed by atoms with Crippen LogP contribution in [0.4, 0.5) is 0 Å². The Morgan fingerprint density at radius 3 is 2.21 bits per heavy atom. The van der Waals surface area contributed by atoms with Crippen LogP contribution in [-0.2, 0) is 0 Å². The van der Waals surface area contributed by atoms with Crippen molar-refractivity contribution in [3.05, 3.63) is 60.6 Å². The molecule has 4 nitrogen and oxygen atoms in total. The predicted molar refractivity (Wildman–Crippen MR) is 72.0 cm³/mol. The van der Waals surface area contributed by atoms with E-state index in [4.69, 9.17) is 5.26 Å². The lowest BCUT2D eigenvalue weighted by Gasteiger charge is -2.03. The molecular weight excluding hydrogens is 236 g/mol. The number of rotatable bonds is 2. The maximum Gasteiger partial charge on any atom is 0.140 e. The van der Waals surface area contributed by atoms with Crippen molar-refractivity contribution >= 4 is 0 Å². The lowest BCUT2D eigenvalue weighted by molar-refractivity contribution is 1.10. The Balaban J connectivity index is 1.92. The fourth-order valence-electron chi connectivity index (χ4n) is 1.89. The molecule has 90 valence electrons. The summed E-state index contributed by atoms with van der Waals surface area (Å²) in [6.45, 7) is 0. The highest BCUT2D eigenvalue weighted by molar-refractivity contribution is 5.68. The van der Waals surface area contributed by atoms with E-state index in [2.05, 4.69) is 15.2 Å². The Bertz CT molecular complexity index is 704. The highest BCUT2D eigenvalue weighted by atomic mass is 15.1. The number of H-pyrrole nitrogens is 1. The van der Waals surface area contributed by atoms with Crippen LogP contribution in [0.25, 0.3) is 22.4 Å². The van der Waals surface area contributed by atoms with Gasteiger partial charge in [-0.25, -0.2) is 4.98 Å². The van der Waals surface area contributed by atoms with Crippen LogP contribution in [0.5, 0.6) is 0 Å². The third kappa shape index (κ3) is 2.22. The summed E-state index contributed by atoms with van der Waals surface area (Å²) in [5.41, 5.74) is 4.57. The van der Waals surface area contributed by atoms with Crippen LogP contribution in [0.15, 0.2) is 54.9 Å². The second-order valence-corrected chi connectivity index (χ2v) is 4.09. The molecule has 0 amide bonds. The van der Waals surface area contributed by atoms with Gasteiger partial charge in [0.15, 0.2) is 0 Å². The van der Waals surface area contributed by atoms with Crippen LogP contribution in [0.2, 0.25) is 0 Å². The molecule has 19 heavy (non-hydrogen) atoms. The summed E-state index contributed by atoms with van der Waals surface area (Å²) in [7, 11) is 0. The van der Waals surface area contributed by atoms with E-state index in [1.165, 1.54) is 0 Å². The van der Waals surface area contributed by atoms with Crippen molar-refractivity contribution in [3.63, 3.8) is 0 Å². The second-order valence-electron chi connectivity index (χ2n) is 4.09. The molecule has 0 fully saturated rings. The molecule has 2 heterocycles. The van der Waals surface area contributed by atoms with E-state index in [0.29, 0.717) is 5.69 Å². The number of hydrogen-bond donors (Lipinski definition) is 1. The SMILES string of the molecule is N#Cc1ccc(-c2ccc(-c3ccn[nH]3)cc2)cn1. The van der Waals surface area contributed by atoms with Gasteiger partial charge in [-0.15, -0.1) is 0 Å². The predicted octanol–water partition coefficient (Wildman–Crippen LogP) is 3.01. The Kier molecular flexibility index (Phi) is 2.79. The zero-order valence-corrected chi connectivity index (χ0v) is 10.0. The molecular formula is C15H10N4. The minimum atomic E-state index is 0.429. The summed E-state index contributed by atoms with van der Waals surface area (Å²) < 4.78 is 0. The number of nitrogens with one attached hydrogen (secondary N) is 1. The van der Waals surface area contributed by atoms with E-state index in [1.54, 1.807) is 18.5 Å². The van der Waals surface area contributed by atoms with Crippen molar-refractivity contribution in [2.24, 2.45) is 0 Å². The van der Waals surface area contributed by atoms with Crippen LogP contribution >= 0.6 is 0 Å². The quantitative estimate of drug-likeness (QED) is 0.755. The van der Waals surface area contributed by atoms with E-state index >= 15 is 0 Å². The maximum absolute atomic E-state index is 8.72. The summed E-state index contributed by atoms with van der Waals surface area (Å²) in [5, 5.41) is 15.6. The zero-order valence-electron chi connectivity index (χ0n) is 10.0. The smallest absolute Gasteiger partial charge is 0.140 e. The first-order valence-electron chi connectivity index (χ1n) is 5.83. The molecule has 0 bridgehead atoms. The Labute approximate surface area is 110 Å². The largest absolute Gasteiger partial charge is 0.278 e. The minimum absolute atomic E-state index is 0.429. The molecule has 0 saturated carbocycles. The number of benzene rings is 1. The molecule has 0 spiro atoms. The molecule has 0 atom stereocenters. The number of nitriles is 1. The van der Waals surface area contributed by atoms with Gasteiger partial charge >= 0.3 is 0 Å². The van der Waals surface area contributed by atoms with Crippen molar-refractivity contribution in [3.8, 4) is 28.5 Å². The molecule has 0 aliphatic carbocycles. The van der Waals surface area contributed by atoms with Crippen molar-refractivity contribution in [1.82, 2.24) is 15.2 Å². The van der Waals surface area contributed by atoms with Crippen LogP contribution in [-0.4, -0.2) is 15.2 Å². The third-order valence-electron chi connectivity index (χ3n) is 2.91. The minimum Gasteiger partial charge on any atom is -0.278 e. The van der Waals surface area contributed by atoms with Gasteiger partial charge in [0.2, 0.25) is 0 Å². The number of hydrogen-bond acceptors (Lipinski definition) is 3. The maximum atomic E-state index is 8.72. The number of aromatic amines is 1. The molecule has 3 rings (SSSR count). The molecule has 4 heteroatoms. The summed E-state index contributed by atoms with van der Waals surface area (Å²) in [4.78, 5) is 4.07. The number of nitrogens with zero attached hydrogens (tertiary/aromatic N) is 3. The topological polar surface area (TPSA) is 65.4 Å². The summed E-state index contributed by atoms with van der Waals surface area (Å²) in [6, 6.07) is 15.7. The highest BCUT2D eigenvalue weighted by Gasteiger charge is 2.01. The van der Waals surface area contributed by atoms with E-state index in [0.717, 1.165) is 22.4 Å². The Morgan fingerprint density at radius 2 is 1.63 bits per heavy atom. The standard InChI is InChI=1S/C15H10N4/c16-9-14-6-5-13(10-17-14)11-1-3-12(4-2-11)15-7-8-18-19-15/h1-8,10H,(H,18,19). The van der Waals surface area contributed by atoms with Crippen LogP contribution in [0.3, 0.4) is 0 Å². The van der Waals surface area contributed by atoms with Gasteiger partial charge in [0, 0.05) is 18.0 Å². The zero-order chi connectivity index (χ0) is 13.1. The van der Waals surface area contributed by atoms with Crippen LogP contribution in [0, 0.1) is 11.3 Å². The van der Waals surface area contributed by atoms with Crippen molar-refractivity contribution < 1.29 is 0 Å². The van der Waals surface area contributed by atoms with Crippen molar-refractivity contribution in [2.75, 3.05) is 0 Å². The van der Waals surface area contributed by atoms with E-state index in [-0.39, 0.29) is 0 Å². The third-order valence-corrected chi connectivity index (χ3v) is 2.91. The average Bonchev–Trinajstić information content (AvgIpc) is 3.02. The molecule has 0 saturated heterocycles. The lowest BCUT2D eigenvalue weighted by atomic mass is 10.0. The van der Waals surface area contributed by atoms with E-state index in [9.17, 15) is 0 Å². The van der Waals surface area contributed by atoms with Gasteiger partial charge < -0.3 is 0 Å². The first-order valence-corrected chi connectivity index (χ1v) is 5.83. The van der Waals surface area contributed by atoms with Gasteiger partial charge in [-0.1, -0.05) is 24.3 Å². The first kappa shape index (κ1) is 11.2. The monoisotopic (exact) mass is 246 g/mol. The molecule has 2 aromatic heterocycles. The van der Waals surface area contributed by atoms with Gasteiger partial charge in [0.05, 0.1) is 5.69 Å². The average molecular weight is 246 g/mol. The van der Waals surface area contributed by atoms with E-state index in [1.807, 2.05) is 42.5 Å². The summed E-state index contributed by atoms with van der Waals surface area (Å²) in [6.07, 6.45) is 3.44. The van der Waals surface area contributed by atoms with Gasteiger partial charge in [0.25, 0.3) is 0 Å². The fourth-order valence-corrected chi connectivity index (χ4v) is 1.89. The van der Waals surface area contributed by atoms with Crippen LogP contribution < -0.4 is 0 Å². The Morgan fingerprint density at radius 1 is 0.895 bits per heavy atom. The van der Waals surface area contributed by atoms with E-state index < -0.39 is 0 Å². The van der Waals surface area contributed by atoms with Gasteiger partial charge in [-0.05, 0) is 29.3 Å². The molecule has 0 aliphatic rings. The van der Waals surface area contributed by atoms with Gasteiger partial charge in [0.1, 0.15) is 11.8 Å². The van der Waals surface area contributed by atoms with Crippen LogP contribution in [0.1, 0.15) is 5.69 Å². The molecule has 1 N–H and O–H groups in total. The molecule has 0 unspecified atom stereocenters. The summed E-state index contributed by atoms with van der Waals surface area (Å²) >= 11 is 0. The fraction of sp³-hybridized carbons (Fsp3) is 0. The number of aromatic nitrogens is 3. The summed E-state index contributed by atoms with van der Waals surface area (Å²) in [5.74, 6) is 0. The highest BCUT2D eigenvalue weighted by Crippen LogP contribution is 2.23. The van der Waals surface area contributed by atoms with Crippen molar-refractivity contribution in [2.45, 2.75) is 0 Å². The first-order chi connectivity index (χ1) is 9.36. The lowest BCUT2D eigenvalue weighted by Crippen LogP contribution is -1.84. The normalized spacial score (nSPS) is 10.1.